The number of amides is 2. The maximum atomic E-state index is 12.7. The Morgan fingerprint density at radius 1 is 1.35 bits per heavy atom. The van der Waals surface area contributed by atoms with E-state index in [1.54, 1.807) is 6.92 Å². The van der Waals surface area contributed by atoms with Gasteiger partial charge in [-0.3, -0.25) is 0 Å². The summed E-state index contributed by atoms with van der Waals surface area (Å²) in [6.07, 6.45) is -4.42. The first kappa shape index (κ1) is 13.3. The molecule has 0 spiro atoms. The van der Waals surface area contributed by atoms with Crippen molar-refractivity contribution in [3.63, 3.8) is 0 Å². The monoisotopic (exact) mass is 246 g/mol. The van der Waals surface area contributed by atoms with Gasteiger partial charge >= 0.3 is 12.2 Å². The minimum atomic E-state index is -4.42. The lowest BCUT2D eigenvalue weighted by Crippen LogP contribution is -2.35. The Labute approximate surface area is 97.0 Å². The molecule has 2 N–H and O–H groups in total. The Hall–Kier alpha value is -1.72. The molecule has 1 aromatic carbocycles. The van der Waals surface area contributed by atoms with Crippen LogP contribution in [0.1, 0.15) is 18.1 Å². The number of nitrogens with two attached hydrogens (primary N) is 1. The van der Waals surface area contributed by atoms with Crippen molar-refractivity contribution in [1.82, 2.24) is 4.90 Å². The van der Waals surface area contributed by atoms with Gasteiger partial charge in [0.05, 0.1) is 5.56 Å². The van der Waals surface area contributed by atoms with Crippen LogP contribution in [-0.4, -0.2) is 17.5 Å². The van der Waals surface area contributed by atoms with E-state index in [4.69, 9.17) is 5.73 Å². The molecule has 0 radical (unpaired) electrons. The molecule has 94 valence electrons. The summed E-state index contributed by atoms with van der Waals surface area (Å²) >= 11 is 0. The fourth-order valence-corrected chi connectivity index (χ4v) is 1.49. The van der Waals surface area contributed by atoms with E-state index in [0.29, 0.717) is 0 Å². The summed E-state index contributed by atoms with van der Waals surface area (Å²) in [6, 6.07) is 4.41. The molecule has 0 unspecified atom stereocenters. The maximum absolute atomic E-state index is 12.7. The molecule has 0 aliphatic heterocycles. The molecule has 0 aliphatic carbocycles. The van der Waals surface area contributed by atoms with Crippen LogP contribution < -0.4 is 5.73 Å². The van der Waals surface area contributed by atoms with Gasteiger partial charge in [-0.1, -0.05) is 18.2 Å². The Bertz CT molecular complexity index is 404. The molecule has 3 nitrogen and oxygen atoms in total. The molecular weight excluding hydrogens is 233 g/mol. The summed E-state index contributed by atoms with van der Waals surface area (Å²) in [7, 11) is 0. The summed E-state index contributed by atoms with van der Waals surface area (Å²) in [6.45, 7) is 1.78. The number of nitrogens with zero attached hydrogens (tertiary/aromatic N) is 1. The zero-order valence-electron chi connectivity index (χ0n) is 9.29. The third kappa shape index (κ3) is 3.37. The van der Waals surface area contributed by atoms with E-state index < -0.39 is 17.8 Å². The molecule has 1 rings (SSSR count). The third-order valence-electron chi connectivity index (χ3n) is 2.38. The molecule has 0 heterocycles. The molecule has 0 fully saturated rings. The summed E-state index contributed by atoms with van der Waals surface area (Å²) in [4.78, 5) is 12.1. The fraction of sp³-hybridized carbons (Fsp3) is 0.364. The van der Waals surface area contributed by atoms with Crippen LogP contribution in [0.25, 0.3) is 0 Å². The highest BCUT2D eigenvalue weighted by Crippen LogP contribution is 2.32. The summed E-state index contributed by atoms with van der Waals surface area (Å²) in [5.41, 5.74) is 4.37. The van der Waals surface area contributed by atoms with E-state index >= 15 is 0 Å². The van der Waals surface area contributed by atoms with Crippen LogP contribution in [0.3, 0.4) is 0 Å². The predicted octanol–water partition coefficient (Wildman–Crippen LogP) is 2.61. The number of hydrogen-bond acceptors (Lipinski definition) is 1. The Morgan fingerprint density at radius 2 is 1.94 bits per heavy atom. The lowest BCUT2D eigenvalue weighted by Gasteiger charge is -2.20. The van der Waals surface area contributed by atoms with E-state index in [0.717, 1.165) is 11.0 Å². The van der Waals surface area contributed by atoms with Gasteiger partial charge in [-0.2, -0.15) is 13.2 Å². The minimum absolute atomic E-state index is 0.0423. The number of carbonyl (C=O) groups excluding carboxylic acids is 1. The normalized spacial score (nSPS) is 11.3. The lowest BCUT2D eigenvalue weighted by molar-refractivity contribution is -0.138. The molecular formula is C11H13F3N2O. The highest BCUT2D eigenvalue weighted by Gasteiger charge is 2.33. The highest BCUT2D eigenvalue weighted by atomic mass is 19.4. The van der Waals surface area contributed by atoms with Crippen LogP contribution in [0, 0.1) is 0 Å². The second-order valence-electron chi connectivity index (χ2n) is 3.51. The second-order valence-corrected chi connectivity index (χ2v) is 3.51. The van der Waals surface area contributed by atoms with Crippen LogP contribution in [-0.2, 0) is 12.7 Å². The van der Waals surface area contributed by atoms with Crippen LogP contribution in [0.4, 0.5) is 18.0 Å². The van der Waals surface area contributed by atoms with Crippen molar-refractivity contribution in [3.05, 3.63) is 35.4 Å². The molecule has 1 aromatic rings. The number of benzene rings is 1. The third-order valence-corrected chi connectivity index (χ3v) is 2.38. The SMILES string of the molecule is CCN(Cc1ccccc1C(F)(F)F)C(N)=O. The number of alkyl halides is 3. The average molecular weight is 246 g/mol. The van der Waals surface area contributed by atoms with E-state index in [1.807, 2.05) is 0 Å². The van der Waals surface area contributed by atoms with Crippen molar-refractivity contribution >= 4 is 6.03 Å². The molecule has 0 bridgehead atoms. The van der Waals surface area contributed by atoms with E-state index in [9.17, 15) is 18.0 Å². The maximum Gasteiger partial charge on any atom is 0.416 e. The van der Waals surface area contributed by atoms with Gasteiger partial charge in [-0.25, -0.2) is 4.79 Å². The van der Waals surface area contributed by atoms with Gasteiger partial charge in [0.25, 0.3) is 0 Å². The first-order valence-corrected chi connectivity index (χ1v) is 5.05. The Kier molecular flexibility index (Phi) is 3.98. The fourth-order valence-electron chi connectivity index (χ4n) is 1.49. The quantitative estimate of drug-likeness (QED) is 0.875. The van der Waals surface area contributed by atoms with Crippen LogP contribution in [0.15, 0.2) is 24.3 Å². The zero-order chi connectivity index (χ0) is 13.1. The van der Waals surface area contributed by atoms with E-state index in [1.165, 1.54) is 18.2 Å². The largest absolute Gasteiger partial charge is 0.416 e. The topological polar surface area (TPSA) is 46.3 Å². The highest BCUT2D eigenvalue weighted by molar-refractivity contribution is 5.72. The smallest absolute Gasteiger partial charge is 0.351 e. The molecule has 6 heteroatoms. The molecule has 0 saturated carbocycles. The summed E-state index contributed by atoms with van der Waals surface area (Å²) < 4.78 is 38.0. The van der Waals surface area contributed by atoms with Crippen LogP contribution in [0.2, 0.25) is 0 Å². The Morgan fingerprint density at radius 3 is 2.41 bits per heavy atom. The van der Waals surface area contributed by atoms with Crippen LogP contribution in [0.5, 0.6) is 0 Å². The number of halogens is 3. The van der Waals surface area contributed by atoms with Crippen molar-refractivity contribution in [1.29, 1.82) is 0 Å². The van der Waals surface area contributed by atoms with Crippen LogP contribution >= 0.6 is 0 Å². The number of carbonyl (C=O) groups is 1. The number of hydrogen-bond donors (Lipinski definition) is 1. The van der Waals surface area contributed by atoms with Crippen molar-refractivity contribution in [2.45, 2.75) is 19.6 Å². The summed E-state index contributed by atoms with van der Waals surface area (Å²) in [5, 5.41) is 0. The van der Waals surface area contributed by atoms with Gasteiger partial charge < -0.3 is 10.6 Å². The van der Waals surface area contributed by atoms with Gasteiger partial charge in [0, 0.05) is 13.1 Å². The molecule has 2 amide bonds. The average Bonchev–Trinajstić information content (AvgIpc) is 2.24. The number of primary amides is 1. The lowest BCUT2D eigenvalue weighted by atomic mass is 10.1. The molecule has 17 heavy (non-hydrogen) atoms. The first-order chi connectivity index (χ1) is 7.86. The van der Waals surface area contributed by atoms with E-state index in [2.05, 4.69) is 0 Å². The second kappa shape index (κ2) is 5.07. The van der Waals surface area contributed by atoms with Gasteiger partial charge in [0.1, 0.15) is 0 Å². The molecule has 0 atom stereocenters. The van der Waals surface area contributed by atoms with Gasteiger partial charge in [0.2, 0.25) is 0 Å². The standard InChI is InChI=1S/C11H13F3N2O/c1-2-16(10(15)17)7-8-5-3-4-6-9(8)11(12,13)14/h3-6H,2,7H2,1H3,(H2,15,17). The molecule has 0 saturated heterocycles. The number of rotatable bonds is 3. The van der Waals surface area contributed by atoms with Gasteiger partial charge in [0.15, 0.2) is 0 Å². The summed E-state index contributed by atoms with van der Waals surface area (Å²) in [5.74, 6) is 0. The van der Waals surface area contributed by atoms with Gasteiger partial charge in [-0.05, 0) is 18.6 Å². The van der Waals surface area contributed by atoms with Crippen molar-refractivity contribution < 1.29 is 18.0 Å². The number of urea groups is 1. The van der Waals surface area contributed by atoms with E-state index in [-0.39, 0.29) is 18.7 Å². The minimum Gasteiger partial charge on any atom is -0.351 e. The van der Waals surface area contributed by atoms with Gasteiger partial charge in [-0.15, -0.1) is 0 Å². The molecule has 0 aliphatic rings. The van der Waals surface area contributed by atoms with Crippen molar-refractivity contribution in [2.75, 3.05) is 6.54 Å². The van der Waals surface area contributed by atoms with Crippen molar-refractivity contribution in [3.8, 4) is 0 Å². The first-order valence-electron chi connectivity index (χ1n) is 5.05. The Balaban J connectivity index is 3.02. The zero-order valence-corrected chi connectivity index (χ0v) is 9.29. The predicted molar refractivity (Wildman–Crippen MR) is 57.1 cm³/mol. The molecule has 0 aromatic heterocycles. The van der Waals surface area contributed by atoms with Crippen molar-refractivity contribution in [2.24, 2.45) is 5.73 Å².